The number of nitrogens with zero attached hydrogens (tertiary/aromatic N) is 3. The fourth-order valence-corrected chi connectivity index (χ4v) is 5.30. The predicted octanol–water partition coefficient (Wildman–Crippen LogP) is 4.40. The lowest BCUT2D eigenvalue weighted by atomic mass is 10.0. The van der Waals surface area contributed by atoms with Crippen molar-refractivity contribution in [3.05, 3.63) is 79.0 Å². The molecule has 0 saturated carbocycles. The molecule has 1 aliphatic rings. The molecular formula is C20H16N4O3S2. The summed E-state index contributed by atoms with van der Waals surface area (Å²) < 4.78 is 0. The summed E-state index contributed by atoms with van der Waals surface area (Å²) in [7, 11) is 0. The maximum atomic E-state index is 12.5. The van der Waals surface area contributed by atoms with Crippen LogP contribution in [0.2, 0.25) is 0 Å². The summed E-state index contributed by atoms with van der Waals surface area (Å²) in [4.78, 5) is 26.5. The highest BCUT2D eigenvalue weighted by Gasteiger charge is 2.26. The van der Waals surface area contributed by atoms with Crippen molar-refractivity contribution < 1.29 is 9.72 Å². The highest BCUT2D eigenvalue weighted by molar-refractivity contribution is 7.18. The Morgan fingerprint density at radius 1 is 1.24 bits per heavy atom. The maximum Gasteiger partial charge on any atom is 0.324 e. The molecule has 1 aliphatic heterocycles. The van der Waals surface area contributed by atoms with Crippen molar-refractivity contribution in [3.63, 3.8) is 0 Å². The van der Waals surface area contributed by atoms with Gasteiger partial charge in [0.25, 0.3) is 5.91 Å². The number of carbonyl (C=O) groups is 1. The highest BCUT2D eigenvalue weighted by Crippen LogP contribution is 2.37. The van der Waals surface area contributed by atoms with E-state index in [1.165, 1.54) is 29.0 Å². The molecular weight excluding hydrogens is 408 g/mol. The molecule has 3 aromatic rings. The van der Waals surface area contributed by atoms with Crippen LogP contribution in [0.4, 0.5) is 10.0 Å². The number of benzene rings is 1. The Hall–Kier alpha value is -3.06. The van der Waals surface area contributed by atoms with Gasteiger partial charge in [0.15, 0.2) is 0 Å². The molecule has 0 bridgehead atoms. The van der Waals surface area contributed by atoms with Crippen LogP contribution < -0.4 is 5.32 Å². The zero-order valence-electron chi connectivity index (χ0n) is 15.3. The van der Waals surface area contributed by atoms with Crippen LogP contribution in [0, 0.1) is 21.4 Å². The molecule has 0 radical (unpaired) electrons. The Morgan fingerprint density at radius 3 is 2.72 bits per heavy atom. The molecule has 2 aromatic heterocycles. The quantitative estimate of drug-likeness (QED) is 0.483. The van der Waals surface area contributed by atoms with Gasteiger partial charge in [0, 0.05) is 30.6 Å². The monoisotopic (exact) mass is 424 g/mol. The van der Waals surface area contributed by atoms with E-state index in [1.807, 2.05) is 18.2 Å². The van der Waals surface area contributed by atoms with Crippen LogP contribution in [0.25, 0.3) is 0 Å². The summed E-state index contributed by atoms with van der Waals surface area (Å²) in [5, 5.41) is 23.7. The molecule has 1 amide bonds. The Labute approximate surface area is 175 Å². The van der Waals surface area contributed by atoms with Crippen molar-refractivity contribution >= 4 is 38.6 Å². The second-order valence-corrected chi connectivity index (χ2v) is 8.78. The normalized spacial score (nSPS) is 13.5. The number of nitriles is 1. The van der Waals surface area contributed by atoms with Gasteiger partial charge in [-0.3, -0.25) is 19.8 Å². The van der Waals surface area contributed by atoms with Crippen LogP contribution >= 0.6 is 22.7 Å². The first kappa shape index (κ1) is 19.3. The van der Waals surface area contributed by atoms with Crippen molar-refractivity contribution in [1.29, 1.82) is 5.26 Å². The number of hydrogen-bond acceptors (Lipinski definition) is 7. The first-order chi connectivity index (χ1) is 14.0. The van der Waals surface area contributed by atoms with Gasteiger partial charge in [-0.25, -0.2) is 0 Å². The average molecular weight is 425 g/mol. The molecule has 1 aromatic carbocycles. The van der Waals surface area contributed by atoms with Gasteiger partial charge in [0.05, 0.1) is 15.4 Å². The number of thiophene rings is 2. The molecule has 9 heteroatoms. The van der Waals surface area contributed by atoms with E-state index in [0.29, 0.717) is 10.6 Å². The fraction of sp³-hybridized carbons (Fsp3) is 0.200. The zero-order valence-corrected chi connectivity index (χ0v) is 16.9. The second-order valence-electron chi connectivity index (χ2n) is 6.62. The van der Waals surface area contributed by atoms with Gasteiger partial charge in [-0.05, 0) is 23.6 Å². The SMILES string of the molecule is N#Cc1c(NC(=O)c2ccc([N+](=O)[O-])s2)sc2c1CCN(Cc1ccccc1)C2. The summed E-state index contributed by atoms with van der Waals surface area (Å²) in [6.45, 7) is 2.41. The molecule has 0 spiro atoms. The van der Waals surface area contributed by atoms with Crippen LogP contribution in [0.1, 0.15) is 31.2 Å². The maximum absolute atomic E-state index is 12.5. The second kappa shape index (κ2) is 8.13. The lowest BCUT2D eigenvalue weighted by molar-refractivity contribution is -0.380. The Kier molecular flexibility index (Phi) is 5.40. The fourth-order valence-electron chi connectivity index (χ4n) is 3.35. The summed E-state index contributed by atoms with van der Waals surface area (Å²) in [5.41, 5.74) is 2.74. The lowest BCUT2D eigenvalue weighted by Gasteiger charge is -2.26. The van der Waals surface area contributed by atoms with Crippen LogP contribution in [-0.2, 0) is 19.5 Å². The molecule has 0 atom stereocenters. The standard InChI is InChI=1S/C20H16N4O3S2/c21-10-15-14-8-9-23(11-13-4-2-1-3-5-13)12-17(14)29-20(15)22-19(25)16-6-7-18(28-16)24(26)27/h1-7H,8-9,11-12H2,(H,22,25). The average Bonchev–Trinajstić information content (AvgIpc) is 3.33. The Balaban J connectivity index is 1.52. The molecule has 0 fully saturated rings. The van der Waals surface area contributed by atoms with E-state index in [-0.39, 0.29) is 9.88 Å². The van der Waals surface area contributed by atoms with Crippen molar-refractivity contribution in [2.24, 2.45) is 0 Å². The Bertz CT molecular complexity index is 1110. The highest BCUT2D eigenvalue weighted by atomic mass is 32.1. The number of amides is 1. The number of anilines is 1. The van der Waals surface area contributed by atoms with Gasteiger partial charge in [-0.1, -0.05) is 41.7 Å². The molecule has 146 valence electrons. The van der Waals surface area contributed by atoms with Crippen molar-refractivity contribution in [3.8, 4) is 6.07 Å². The zero-order chi connectivity index (χ0) is 20.4. The Morgan fingerprint density at radius 2 is 2.03 bits per heavy atom. The van der Waals surface area contributed by atoms with Gasteiger partial charge in [-0.15, -0.1) is 11.3 Å². The van der Waals surface area contributed by atoms with E-state index in [4.69, 9.17) is 0 Å². The van der Waals surface area contributed by atoms with Crippen molar-refractivity contribution in [1.82, 2.24) is 4.90 Å². The number of hydrogen-bond donors (Lipinski definition) is 1. The summed E-state index contributed by atoms with van der Waals surface area (Å²) in [6.07, 6.45) is 0.752. The molecule has 1 N–H and O–H groups in total. The number of fused-ring (bicyclic) bond motifs is 1. The van der Waals surface area contributed by atoms with Gasteiger partial charge in [0.2, 0.25) is 0 Å². The third-order valence-corrected chi connectivity index (χ3v) is 6.89. The van der Waals surface area contributed by atoms with Gasteiger partial charge >= 0.3 is 5.00 Å². The number of carbonyl (C=O) groups excluding carboxylic acids is 1. The first-order valence-corrected chi connectivity index (χ1v) is 10.5. The van der Waals surface area contributed by atoms with Crippen LogP contribution in [0.3, 0.4) is 0 Å². The molecule has 3 heterocycles. The van der Waals surface area contributed by atoms with E-state index in [1.54, 1.807) is 0 Å². The van der Waals surface area contributed by atoms with Crippen molar-refractivity contribution in [2.45, 2.75) is 19.5 Å². The van der Waals surface area contributed by atoms with Crippen LogP contribution in [0.15, 0.2) is 42.5 Å². The van der Waals surface area contributed by atoms with Gasteiger partial charge < -0.3 is 5.32 Å². The number of rotatable bonds is 5. The molecule has 4 rings (SSSR count). The van der Waals surface area contributed by atoms with Gasteiger partial charge in [-0.2, -0.15) is 5.26 Å². The third kappa shape index (κ3) is 4.05. The number of nitro groups is 1. The van der Waals surface area contributed by atoms with E-state index in [9.17, 15) is 20.2 Å². The third-order valence-electron chi connectivity index (χ3n) is 4.72. The summed E-state index contributed by atoms with van der Waals surface area (Å²) in [5.74, 6) is -0.431. The molecule has 0 saturated heterocycles. The van der Waals surface area contributed by atoms with E-state index in [0.717, 1.165) is 47.8 Å². The van der Waals surface area contributed by atoms with E-state index < -0.39 is 10.8 Å². The predicted molar refractivity (Wildman–Crippen MR) is 112 cm³/mol. The smallest absolute Gasteiger partial charge is 0.312 e. The largest absolute Gasteiger partial charge is 0.324 e. The van der Waals surface area contributed by atoms with Gasteiger partial charge in [0.1, 0.15) is 11.1 Å². The molecule has 7 nitrogen and oxygen atoms in total. The summed E-state index contributed by atoms with van der Waals surface area (Å²) in [6, 6.07) is 15.2. The minimum absolute atomic E-state index is 0.0855. The van der Waals surface area contributed by atoms with E-state index in [2.05, 4.69) is 28.4 Å². The molecule has 0 unspecified atom stereocenters. The molecule has 0 aliphatic carbocycles. The lowest BCUT2D eigenvalue weighted by Crippen LogP contribution is -2.29. The van der Waals surface area contributed by atoms with Crippen LogP contribution in [0.5, 0.6) is 0 Å². The number of nitrogens with one attached hydrogen (secondary N) is 1. The topological polar surface area (TPSA) is 99.3 Å². The summed E-state index contributed by atoms with van der Waals surface area (Å²) >= 11 is 2.23. The minimum atomic E-state index is -0.521. The molecule has 29 heavy (non-hydrogen) atoms. The van der Waals surface area contributed by atoms with Crippen molar-refractivity contribution in [2.75, 3.05) is 11.9 Å². The van der Waals surface area contributed by atoms with E-state index >= 15 is 0 Å². The minimum Gasteiger partial charge on any atom is -0.312 e. The van der Waals surface area contributed by atoms with Crippen LogP contribution in [-0.4, -0.2) is 22.3 Å². The first-order valence-electron chi connectivity index (χ1n) is 8.91.